The van der Waals surface area contributed by atoms with Gasteiger partial charge in [-0.05, 0) is 23.6 Å². The molecule has 1 N–H and O–H groups in total. The molecule has 3 aromatic rings. The van der Waals surface area contributed by atoms with Crippen LogP contribution in [0.2, 0.25) is 0 Å². The van der Waals surface area contributed by atoms with Gasteiger partial charge in [-0.15, -0.1) is 0 Å². The molecular weight excluding hydrogens is 304 g/mol. The van der Waals surface area contributed by atoms with Crippen LogP contribution in [0.15, 0.2) is 103 Å². The molecule has 2 heteroatoms. The maximum absolute atomic E-state index is 4.93. The Morgan fingerprint density at radius 1 is 0.760 bits per heavy atom. The third-order valence-corrected chi connectivity index (χ3v) is 4.06. The summed E-state index contributed by atoms with van der Waals surface area (Å²) in [6.07, 6.45) is -0.186. The Morgan fingerprint density at radius 3 is 1.80 bits per heavy atom. The van der Waals surface area contributed by atoms with Gasteiger partial charge in [-0.2, -0.15) is 0 Å². The van der Waals surface area contributed by atoms with Crippen LogP contribution in [0, 0.1) is 0 Å². The molecule has 0 amide bonds. The number of hydrogen-bond acceptors (Lipinski definition) is 2. The van der Waals surface area contributed by atoms with E-state index in [2.05, 4.69) is 36.2 Å². The fourth-order valence-electron chi connectivity index (χ4n) is 2.66. The van der Waals surface area contributed by atoms with Crippen molar-refractivity contribution in [3.8, 4) is 0 Å². The van der Waals surface area contributed by atoms with Crippen LogP contribution < -0.4 is 5.32 Å². The first-order valence-electron chi connectivity index (χ1n) is 8.39. The predicted octanol–water partition coefficient (Wildman–Crippen LogP) is 5.45. The average Bonchev–Trinajstić information content (AvgIpc) is 2.69. The highest BCUT2D eigenvalue weighted by molar-refractivity contribution is 5.98. The molecule has 124 valence electrons. The van der Waals surface area contributed by atoms with E-state index >= 15 is 0 Å². The van der Waals surface area contributed by atoms with Crippen LogP contribution in [0.5, 0.6) is 0 Å². The van der Waals surface area contributed by atoms with Crippen molar-refractivity contribution in [1.82, 2.24) is 5.32 Å². The SMILES string of the molecule is C=C(NC(/N=C(\C)c1ccccc1)c1ccccc1)c1ccccc1. The van der Waals surface area contributed by atoms with E-state index in [1.165, 1.54) is 0 Å². The van der Waals surface area contributed by atoms with Crippen LogP contribution in [-0.2, 0) is 0 Å². The Bertz CT molecular complexity index is 837. The monoisotopic (exact) mass is 326 g/mol. The fraction of sp³-hybridized carbons (Fsp3) is 0.0870. The van der Waals surface area contributed by atoms with E-state index in [1.807, 2.05) is 73.7 Å². The zero-order chi connectivity index (χ0) is 17.5. The molecule has 3 aromatic carbocycles. The van der Waals surface area contributed by atoms with Crippen molar-refractivity contribution in [3.63, 3.8) is 0 Å². The van der Waals surface area contributed by atoms with Crippen molar-refractivity contribution >= 4 is 11.4 Å². The van der Waals surface area contributed by atoms with Gasteiger partial charge in [-0.25, -0.2) is 0 Å². The smallest absolute Gasteiger partial charge is 0.145 e. The van der Waals surface area contributed by atoms with E-state index in [-0.39, 0.29) is 6.17 Å². The summed E-state index contributed by atoms with van der Waals surface area (Å²) in [5, 5.41) is 3.47. The lowest BCUT2D eigenvalue weighted by Gasteiger charge is -2.19. The van der Waals surface area contributed by atoms with Gasteiger partial charge in [-0.3, -0.25) is 4.99 Å². The summed E-state index contributed by atoms with van der Waals surface area (Å²) in [5.41, 5.74) is 5.14. The van der Waals surface area contributed by atoms with E-state index in [1.54, 1.807) is 0 Å². The zero-order valence-electron chi connectivity index (χ0n) is 14.4. The maximum Gasteiger partial charge on any atom is 0.145 e. The summed E-state index contributed by atoms with van der Waals surface area (Å²) in [5.74, 6) is 0. The molecule has 0 saturated carbocycles. The van der Waals surface area contributed by atoms with Gasteiger partial charge in [0.25, 0.3) is 0 Å². The Balaban J connectivity index is 1.90. The minimum absolute atomic E-state index is 0.186. The molecule has 0 aliphatic rings. The van der Waals surface area contributed by atoms with Gasteiger partial charge in [0.2, 0.25) is 0 Å². The molecule has 2 nitrogen and oxygen atoms in total. The zero-order valence-corrected chi connectivity index (χ0v) is 14.4. The third-order valence-electron chi connectivity index (χ3n) is 4.06. The molecule has 0 aromatic heterocycles. The quantitative estimate of drug-likeness (QED) is 0.598. The van der Waals surface area contributed by atoms with Gasteiger partial charge in [-0.1, -0.05) is 97.6 Å². The molecule has 0 aliphatic heterocycles. The van der Waals surface area contributed by atoms with Gasteiger partial charge in [0, 0.05) is 11.4 Å². The molecule has 0 spiro atoms. The Labute approximate surface area is 149 Å². The van der Waals surface area contributed by atoms with Crippen LogP contribution in [0.25, 0.3) is 5.70 Å². The van der Waals surface area contributed by atoms with Crippen LogP contribution in [0.1, 0.15) is 29.8 Å². The van der Waals surface area contributed by atoms with Crippen molar-refractivity contribution in [2.24, 2.45) is 4.99 Å². The normalized spacial score (nSPS) is 12.4. The molecule has 3 rings (SSSR count). The summed E-state index contributed by atoms with van der Waals surface area (Å²) >= 11 is 0. The van der Waals surface area contributed by atoms with E-state index < -0.39 is 0 Å². The largest absolute Gasteiger partial charge is 0.360 e. The molecule has 1 atom stereocenters. The third kappa shape index (κ3) is 4.45. The second-order valence-corrected chi connectivity index (χ2v) is 5.88. The van der Waals surface area contributed by atoms with Gasteiger partial charge in [0.15, 0.2) is 0 Å². The van der Waals surface area contributed by atoms with Crippen LogP contribution in [0.3, 0.4) is 0 Å². The highest BCUT2D eigenvalue weighted by Gasteiger charge is 2.12. The van der Waals surface area contributed by atoms with Gasteiger partial charge in [0.1, 0.15) is 6.17 Å². The molecule has 1 unspecified atom stereocenters. The van der Waals surface area contributed by atoms with Crippen molar-refractivity contribution in [1.29, 1.82) is 0 Å². The Kier molecular flexibility index (Phi) is 5.43. The van der Waals surface area contributed by atoms with Gasteiger partial charge in [0.05, 0.1) is 0 Å². The summed E-state index contributed by atoms with van der Waals surface area (Å²) in [6.45, 7) is 6.23. The van der Waals surface area contributed by atoms with Crippen LogP contribution >= 0.6 is 0 Å². The second-order valence-electron chi connectivity index (χ2n) is 5.88. The second kappa shape index (κ2) is 8.11. The lowest BCUT2D eigenvalue weighted by atomic mass is 10.1. The molecule has 25 heavy (non-hydrogen) atoms. The number of benzene rings is 3. The molecule has 0 bridgehead atoms. The molecule has 0 aliphatic carbocycles. The number of nitrogens with zero attached hydrogens (tertiary/aromatic N) is 1. The number of rotatable bonds is 6. The molecular formula is C23H22N2. The standard InChI is InChI=1S/C23H22N2/c1-18(20-12-6-3-7-13-20)24-23(22-16-10-5-11-17-22)25-19(2)21-14-8-4-9-15-21/h3-17,23-24H,1H2,2H3/b25-19+. The van der Waals surface area contributed by atoms with Crippen molar-refractivity contribution in [2.75, 3.05) is 0 Å². The first-order valence-corrected chi connectivity index (χ1v) is 8.39. The average molecular weight is 326 g/mol. The summed E-state index contributed by atoms with van der Waals surface area (Å²) in [7, 11) is 0. The highest BCUT2D eigenvalue weighted by atomic mass is 15.1. The van der Waals surface area contributed by atoms with E-state index in [0.29, 0.717) is 0 Å². The maximum atomic E-state index is 4.93. The lowest BCUT2D eigenvalue weighted by molar-refractivity contribution is 0.670. The number of nitrogens with one attached hydrogen (secondary N) is 1. The first kappa shape index (κ1) is 16.7. The first-order chi connectivity index (χ1) is 12.2. The van der Waals surface area contributed by atoms with Crippen LogP contribution in [0.4, 0.5) is 0 Å². The van der Waals surface area contributed by atoms with Gasteiger partial charge < -0.3 is 5.32 Å². The van der Waals surface area contributed by atoms with E-state index in [0.717, 1.165) is 28.1 Å². The molecule has 0 heterocycles. The van der Waals surface area contributed by atoms with Crippen molar-refractivity contribution < 1.29 is 0 Å². The number of hydrogen-bond donors (Lipinski definition) is 1. The topological polar surface area (TPSA) is 24.4 Å². The highest BCUT2D eigenvalue weighted by Crippen LogP contribution is 2.20. The van der Waals surface area contributed by atoms with Crippen molar-refractivity contribution in [2.45, 2.75) is 13.1 Å². The minimum Gasteiger partial charge on any atom is -0.360 e. The van der Waals surface area contributed by atoms with E-state index in [4.69, 9.17) is 4.99 Å². The summed E-state index contributed by atoms with van der Waals surface area (Å²) in [4.78, 5) is 4.93. The fourth-order valence-corrected chi connectivity index (χ4v) is 2.66. The lowest BCUT2D eigenvalue weighted by Crippen LogP contribution is -2.19. The van der Waals surface area contributed by atoms with Gasteiger partial charge >= 0.3 is 0 Å². The van der Waals surface area contributed by atoms with Crippen molar-refractivity contribution in [3.05, 3.63) is 114 Å². The Hall–Kier alpha value is -3.13. The molecule has 0 saturated heterocycles. The van der Waals surface area contributed by atoms with E-state index in [9.17, 15) is 0 Å². The summed E-state index contributed by atoms with van der Waals surface area (Å²) < 4.78 is 0. The Morgan fingerprint density at radius 2 is 1.24 bits per heavy atom. The van der Waals surface area contributed by atoms with Crippen LogP contribution in [-0.4, -0.2) is 5.71 Å². The molecule has 0 radical (unpaired) electrons. The number of aliphatic imine (C=N–C) groups is 1. The minimum atomic E-state index is -0.186. The molecule has 0 fully saturated rings. The summed E-state index contributed by atoms with van der Waals surface area (Å²) in [6, 6.07) is 30.6. The predicted molar refractivity (Wildman–Crippen MR) is 106 cm³/mol.